The van der Waals surface area contributed by atoms with Crippen molar-refractivity contribution >= 4 is 5.96 Å². The highest BCUT2D eigenvalue weighted by molar-refractivity contribution is 5.79. The number of hydrogen-bond acceptors (Lipinski definition) is 1. The van der Waals surface area contributed by atoms with E-state index in [1.54, 1.807) is 0 Å². The Hall–Kier alpha value is -1.43. The highest BCUT2D eigenvalue weighted by atomic mass is 15.3. The summed E-state index contributed by atoms with van der Waals surface area (Å²) in [5.41, 5.74) is 0. The Kier molecular flexibility index (Phi) is 10.1. The summed E-state index contributed by atoms with van der Waals surface area (Å²) in [6.07, 6.45) is 11.9. The molecule has 0 rings (SSSR count). The van der Waals surface area contributed by atoms with Crippen LogP contribution in [-0.2, 0) is 0 Å². The summed E-state index contributed by atoms with van der Waals surface area (Å²) in [6.45, 7) is 8.09. The van der Waals surface area contributed by atoms with E-state index in [1.165, 1.54) is 19.3 Å². The maximum Gasteiger partial charge on any atom is 0.194 e. The van der Waals surface area contributed by atoms with Gasteiger partial charge < -0.3 is 10.2 Å². The Bertz CT molecular complexity index is 263. The van der Waals surface area contributed by atoms with Crippen molar-refractivity contribution in [2.45, 2.75) is 32.6 Å². The third-order valence-corrected chi connectivity index (χ3v) is 2.42. The van der Waals surface area contributed by atoms with Gasteiger partial charge in [0.15, 0.2) is 5.96 Å². The monoisotopic (exact) mass is 235 g/mol. The topological polar surface area (TPSA) is 27.6 Å². The van der Waals surface area contributed by atoms with Gasteiger partial charge in [0.2, 0.25) is 0 Å². The first-order chi connectivity index (χ1) is 8.26. The lowest BCUT2D eigenvalue weighted by Gasteiger charge is -2.21. The van der Waals surface area contributed by atoms with Crippen LogP contribution in [0, 0.1) is 12.3 Å². The van der Waals surface area contributed by atoms with E-state index in [9.17, 15) is 0 Å². The summed E-state index contributed by atoms with van der Waals surface area (Å²) < 4.78 is 0. The second kappa shape index (κ2) is 11.1. The lowest BCUT2D eigenvalue weighted by molar-refractivity contribution is 0.456. The molecule has 0 heterocycles. The van der Waals surface area contributed by atoms with Crippen molar-refractivity contribution in [3.8, 4) is 12.3 Å². The summed E-state index contributed by atoms with van der Waals surface area (Å²) in [6, 6.07) is 0. The number of guanidine groups is 1. The quantitative estimate of drug-likeness (QED) is 0.230. The van der Waals surface area contributed by atoms with Crippen LogP contribution in [0.3, 0.4) is 0 Å². The third kappa shape index (κ3) is 8.38. The largest absolute Gasteiger partial charge is 0.356 e. The minimum Gasteiger partial charge on any atom is -0.356 e. The molecule has 0 fully saturated rings. The molecule has 3 nitrogen and oxygen atoms in total. The fourth-order valence-corrected chi connectivity index (χ4v) is 1.51. The molecule has 0 aromatic heterocycles. The van der Waals surface area contributed by atoms with Crippen LogP contribution in [0.25, 0.3) is 0 Å². The number of hydrogen-bond donors (Lipinski definition) is 1. The second-order valence-corrected chi connectivity index (χ2v) is 3.93. The first-order valence-corrected chi connectivity index (χ1v) is 6.30. The number of rotatable bonds is 8. The van der Waals surface area contributed by atoms with E-state index in [2.05, 4.69) is 34.6 Å². The molecule has 0 amide bonds. The average molecular weight is 235 g/mol. The number of allylic oxidation sites excluding steroid dienone is 1. The first kappa shape index (κ1) is 15.6. The molecule has 0 bridgehead atoms. The number of nitrogens with one attached hydrogen (secondary N) is 1. The zero-order chi connectivity index (χ0) is 12.9. The van der Waals surface area contributed by atoms with Gasteiger partial charge >= 0.3 is 0 Å². The summed E-state index contributed by atoms with van der Waals surface area (Å²) in [5.74, 6) is 3.43. The molecule has 0 saturated carbocycles. The Morgan fingerprint density at radius 3 is 2.82 bits per heavy atom. The van der Waals surface area contributed by atoms with Crippen LogP contribution in [-0.4, -0.2) is 37.5 Å². The van der Waals surface area contributed by atoms with Crippen LogP contribution in [0.15, 0.2) is 17.6 Å². The molecule has 0 saturated heterocycles. The Labute approximate surface area is 106 Å². The molecule has 0 aromatic carbocycles. The van der Waals surface area contributed by atoms with Gasteiger partial charge in [-0.1, -0.05) is 18.4 Å². The van der Waals surface area contributed by atoms with E-state index in [0.717, 1.165) is 25.5 Å². The highest BCUT2D eigenvalue weighted by Gasteiger charge is 2.03. The molecule has 3 heteroatoms. The van der Waals surface area contributed by atoms with Gasteiger partial charge in [-0.3, -0.25) is 0 Å². The van der Waals surface area contributed by atoms with Crippen LogP contribution in [0.5, 0.6) is 0 Å². The van der Waals surface area contributed by atoms with Gasteiger partial charge in [-0.05, 0) is 26.2 Å². The van der Waals surface area contributed by atoms with Crippen molar-refractivity contribution in [3.05, 3.63) is 12.7 Å². The van der Waals surface area contributed by atoms with Crippen molar-refractivity contribution in [1.82, 2.24) is 10.2 Å². The van der Waals surface area contributed by atoms with Gasteiger partial charge in [0.1, 0.15) is 6.54 Å². The maximum atomic E-state index is 5.22. The molecule has 0 radical (unpaired) electrons. The zero-order valence-electron chi connectivity index (χ0n) is 11.2. The normalized spacial score (nSPS) is 10.8. The molecule has 96 valence electrons. The summed E-state index contributed by atoms with van der Waals surface area (Å²) >= 11 is 0. The van der Waals surface area contributed by atoms with E-state index < -0.39 is 0 Å². The fourth-order valence-electron chi connectivity index (χ4n) is 1.51. The molecule has 0 spiro atoms. The maximum absolute atomic E-state index is 5.22. The molecular formula is C14H25N3. The van der Waals surface area contributed by atoms with Crippen LogP contribution in [0.2, 0.25) is 0 Å². The molecule has 0 aliphatic carbocycles. The van der Waals surface area contributed by atoms with Crippen LogP contribution in [0.1, 0.15) is 32.6 Å². The smallest absolute Gasteiger partial charge is 0.194 e. The van der Waals surface area contributed by atoms with Crippen molar-refractivity contribution in [2.24, 2.45) is 4.99 Å². The van der Waals surface area contributed by atoms with Crippen molar-refractivity contribution in [2.75, 3.05) is 26.7 Å². The molecule has 17 heavy (non-hydrogen) atoms. The number of terminal acetylenes is 1. The number of aliphatic imine (C=N–C) groups is 1. The number of nitrogens with zero attached hydrogens (tertiary/aromatic N) is 2. The second-order valence-electron chi connectivity index (χ2n) is 3.93. The van der Waals surface area contributed by atoms with E-state index in [1.807, 2.05) is 13.1 Å². The Morgan fingerprint density at radius 1 is 1.47 bits per heavy atom. The zero-order valence-corrected chi connectivity index (χ0v) is 11.2. The van der Waals surface area contributed by atoms with Crippen molar-refractivity contribution in [3.63, 3.8) is 0 Å². The van der Waals surface area contributed by atoms with Gasteiger partial charge in [-0.15, -0.1) is 13.0 Å². The standard InChI is InChI=1S/C14H25N3/c1-5-8-9-10-11-13-17(4)14(15-7-3)16-12-6-2/h2,5H,1,7-13H2,3-4H3,(H,15,16). The Balaban J connectivity index is 3.93. The molecule has 0 aliphatic rings. The predicted octanol–water partition coefficient (Wildman–Crippen LogP) is 2.26. The minimum atomic E-state index is 0.434. The van der Waals surface area contributed by atoms with E-state index >= 15 is 0 Å². The van der Waals surface area contributed by atoms with Gasteiger partial charge in [0.25, 0.3) is 0 Å². The van der Waals surface area contributed by atoms with Crippen molar-refractivity contribution in [1.29, 1.82) is 0 Å². The molecule has 0 unspecified atom stereocenters. The number of unbranched alkanes of at least 4 members (excludes halogenated alkanes) is 3. The molecule has 0 aliphatic heterocycles. The van der Waals surface area contributed by atoms with Gasteiger partial charge in [-0.25, -0.2) is 4.99 Å². The minimum absolute atomic E-state index is 0.434. The van der Waals surface area contributed by atoms with E-state index in [-0.39, 0.29) is 0 Å². The van der Waals surface area contributed by atoms with Crippen molar-refractivity contribution < 1.29 is 0 Å². The molecule has 1 N–H and O–H groups in total. The van der Waals surface area contributed by atoms with E-state index in [4.69, 9.17) is 6.42 Å². The van der Waals surface area contributed by atoms with Crippen LogP contribution in [0.4, 0.5) is 0 Å². The summed E-state index contributed by atoms with van der Waals surface area (Å²) in [5, 5.41) is 3.23. The van der Waals surface area contributed by atoms with Gasteiger partial charge in [0, 0.05) is 20.1 Å². The van der Waals surface area contributed by atoms with E-state index in [0.29, 0.717) is 6.54 Å². The molecular weight excluding hydrogens is 210 g/mol. The lowest BCUT2D eigenvalue weighted by Crippen LogP contribution is -2.39. The lowest BCUT2D eigenvalue weighted by atomic mass is 10.2. The summed E-state index contributed by atoms with van der Waals surface area (Å²) in [4.78, 5) is 6.46. The van der Waals surface area contributed by atoms with Crippen LogP contribution < -0.4 is 5.32 Å². The SMILES string of the molecule is C#CCN=C(NCC)N(C)CCCCCC=C. The molecule has 0 atom stereocenters. The van der Waals surface area contributed by atoms with Crippen LogP contribution >= 0.6 is 0 Å². The fraction of sp³-hybridized carbons (Fsp3) is 0.643. The van der Waals surface area contributed by atoms with Gasteiger partial charge in [0.05, 0.1) is 0 Å². The summed E-state index contributed by atoms with van der Waals surface area (Å²) in [7, 11) is 2.05. The Morgan fingerprint density at radius 2 is 2.24 bits per heavy atom. The third-order valence-electron chi connectivity index (χ3n) is 2.42. The molecule has 0 aromatic rings. The first-order valence-electron chi connectivity index (χ1n) is 6.30. The predicted molar refractivity (Wildman–Crippen MR) is 76.1 cm³/mol. The highest BCUT2D eigenvalue weighted by Crippen LogP contribution is 2.01. The van der Waals surface area contributed by atoms with Gasteiger partial charge in [-0.2, -0.15) is 0 Å². The average Bonchev–Trinajstić information content (AvgIpc) is 2.34.